The van der Waals surface area contributed by atoms with Crippen LogP contribution < -0.4 is 11.1 Å². The lowest BCUT2D eigenvalue weighted by molar-refractivity contribution is 0.281. The molecule has 1 aromatic heterocycles. The van der Waals surface area contributed by atoms with Crippen molar-refractivity contribution in [3.05, 3.63) is 5.82 Å². The fraction of sp³-hybridized carbons (Fsp3) is 0.571. The minimum atomic E-state index is -0.0324. The molecule has 1 aromatic rings. The molecule has 68 valence electrons. The van der Waals surface area contributed by atoms with E-state index in [4.69, 9.17) is 10.8 Å². The molecule has 0 saturated heterocycles. The maximum Gasteiger partial charge on any atom is 0.169 e. The van der Waals surface area contributed by atoms with Gasteiger partial charge in [-0.15, -0.1) is 0 Å². The predicted octanol–water partition coefficient (Wildman–Crippen LogP) is 0.0930. The van der Waals surface area contributed by atoms with E-state index in [9.17, 15) is 0 Å². The highest BCUT2D eigenvalue weighted by molar-refractivity contribution is 5.57. The third-order valence-corrected chi connectivity index (χ3v) is 1.51. The Hall–Kier alpha value is -1.23. The van der Waals surface area contributed by atoms with Crippen LogP contribution in [-0.2, 0) is 0 Å². The van der Waals surface area contributed by atoms with Crippen molar-refractivity contribution < 1.29 is 5.11 Å². The van der Waals surface area contributed by atoms with Crippen molar-refractivity contribution in [2.75, 3.05) is 17.7 Å². The van der Waals surface area contributed by atoms with Crippen molar-refractivity contribution >= 4 is 11.6 Å². The molecule has 0 aliphatic carbocycles. The van der Waals surface area contributed by atoms with E-state index in [0.29, 0.717) is 11.6 Å². The average molecular weight is 170 g/mol. The molecule has 0 aromatic carbocycles. The van der Waals surface area contributed by atoms with Crippen molar-refractivity contribution in [1.29, 1.82) is 0 Å². The van der Waals surface area contributed by atoms with Crippen LogP contribution in [0.25, 0.3) is 0 Å². The first kappa shape index (κ1) is 8.86. The van der Waals surface area contributed by atoms with E-state index in [1.807, 2.05) is 13.8 Å². The number of rotatable bonds is 3. The highest BCUT2D eigenvalue weighted by Gasteiger charge is 2.06. The van der Waals surface area contributed by atoms with Crippen LogP contribution in [0.15, 0.2) is 0 Å². The van der Waals surface area contributed by atoms with Crippen LogP contribution in [0.3, 0.4) is 0 Å². The summed E-state index contributed by atoms with van der Waals surface area (Å²) < 4.78 is 0. The highest BCUT2D eigenvalue weighted by Crippen LogP contribution is 2.14. The second kappa shape index (κ2) is 3.44. The predicted molar refractivity (Wildman–Crippen MR) is 47.9 cm³/mol. The van der Waals surface area contributed by atoms with Crippen molar-refractivity contribution in [3.8, 4) is 0 Å². The number of nitrogens with zero attached hydrogens (tertiary/aromatic N) is 1. The zero-order valence-electron chi connectivity index (χ0n) is 7.26. The van der Waals surface area contributed by atoms with Gasteiger partial charge in [-0.1, -0.05) is 0 Å². The number of hydrogen-bond donors (Lipinski definition) is 4. The Kier molecular flexibility index (Phi) is 2.54. The number of aryl methyl sites for hydroxylation is 1. The molecule has 0 amide bonds. The smallest absolute Gasteiger partial charge is 0.169 e. The van der Waals surface area contributed by atoms with Gasteiger partial charge in [0.05, 0.1) is 6.61 Å². The standard InChI is InChI=1S/C7H14N4O/c1-4(3-12)9-7-6(8)10-5(2)11-7/h4,9,12H,3,8H2,1-2H3,(H,10,11). The van der Waals surface area contributed by atoms with E-state index in [-0.39, 0.29) is 12.6 Å². The molecule has 1 unspecified atom stereocenters. The molecule has 5 nitrogen and oxygen atoms in total. The van der Waals surface area contributed by atoms with Gasteiger partial charge in [-0.3, -0.25) is 0 Å². The molecule has 0 fully saturated rings. The van der Waals surface area contributed by atoms with E-state index >= 15 is 0 Å². The maximum absolute atomic E-state index is 8.75. The number of aromatic nitrogens is 2. The van der Waals surface area contributed by atoms with Crippen LogP contribution in [0.4, 0.5) is 11.6 Å². The Balaban J connectivity index is 2.68. The van der Waals surface area contributed by atoms with E-state index in [2.05, 4.69) is 15.3 Å². The van der Waals surface area contributed by atoms with Gasteiger partial charge in [-0.2, -0.15) is 0 Å². The van der Waals surface area contributed by atoms with Gasteiger partial charge in [-0.05, 0) is 13.8 Å². The Morgan fingerprint density at radius 3 is 2.83 bits per heavy atom. The summed E-state index contributed by atoms with van der Waals surface area (Å²) in [6, 6.07) is -0.0324. The third kappa shape index (κ3) is 1.88. The Labute approximate surface area is 71.0 Å². The molecular weight excluding hydrogens is 156 g/mol. The van der Waals surface area contributed by atoms with Crippen molar-refractivity contribution in [3.63, 3.8) is 0 Å². The van der Waals surface area contributed by atoms with Crippen LogP contribution in [0.2, 0.25) is 0 Å². The molecule has 0 saturated carbocycles. The number of nitrogens with one attached hydrogen (secondary N) is 2. The van der Waals surface area contributed by atoms with Crippen LogP contribution in [0.1, 0.15) is 12.7 Å². The highest BCUT2D eigenvalue weighted by atomic mass is 16.3. The lowest BCUT2D eigenvalue weighted by atomic mass is 10.3. The van der Waals surface area contributed by atoms with Crippen LogP contribution >= 0.6 is 0 Å². The first-order chi connectivity index (χ1) is 5.63. The SMILES string of the molecule is Cc1nc(NC(C)CO)c(N)[nH]1. The molecule has 0 radical (unpaired) electrons. The summed E-state index contributed by atoms with van der Waals surface area (Å²) in [6.07, 6.45) is 0. The molecule has 0 spiro atoms. The van der Waals surface area contributed by atoms with E-state index in [1.54, 1.807) is 0 Å². The molecule has 5 N–H and O–H groups in total. The summed E-state index contributed by atoms with van der Waals surface area (Å²) in [4.78, 5) is 6.95. The van der Waals surface area contributed by atoms with Crippen LogP contribution in [-0.4, -0.2) is 27.7 Å². The minimum absolute atomic E-state index is 0.0324. The summed E-state index contributed by atoms with van der Waals surface area (Å²) in [5.41, 5.74) is 5.58. The lowest BCUT2D eigenvalue weighted by Crippen LogP contribution is -2.20. The molecule has 0 aliphatic heterocycles. The number of H-pyrrole nitrogens is 1. The topological polar surface area (TPSA) is 87.0 Å². The number of hydrogen-bond acceptors (Lipinski definition) is 4. The monoisotopic (exact) mass is 170 g/mol. The van der Waals surface area contributed by atoms with Gasteiger partial charge in [0.25, 0.3) is 0 Å². The zero-order chi connectivity index (χ0) is 9.14. The van der Waals surface area contributed by atoms with E-state index < -0.39 is 0 Å². The largest absolute Gasteiger partial charge is 0.394 e. The number of aromatic amines is 1. The van der Waals surface area contributed by atoms with E-state index in [1.165, 1.54) is 0 Å². The maximum atomic E-state index is 8.75. The Bertz CT molecular complexity index is 258. The van der Waals surface area contributed by atoms with Gasteiger partial charge in [-0.25, -0.2) is 4.98 Å². The first-order valence-electron chi connectivity index (χ1n) is 3.83. The first-order valence-corrected chi connectivity index (χ1v) is 3.83. The molecule has 1 rings (SSSR count). The zero-order valence-corrected chi connectivity index (χ0v) is 7.26. The quantitative estimate of drug-likeness (QED) is 0.518. The Morgan fingerprint density at radius 1 is 1.75 bits per heavy atom. The summed E-state index contributed by atoms with van der Waals surface area (Å²) in [6.45, 7) is 3.74. The van der Waals surface area contributed by atoms with Gasteiger partial charge < -0.3 is 21.1 Å². The number of nitrogens with two attached hydrogens (primary N) is 1. The van der Waals surface area contributed by atoms with Crippen molar-refractivity contribution in [1.82, 2.24) is 9.97 Å². The number of nitrogen functional groups attached to an aromatic ring is 1. The molecule has 12 heavy (non-hydrogen) atoms. The second-order valence-electron chi connectivity index (χ2n) is 2.81. The van der Waals surface area contributed by atoms with Gasteiger partial charge in [0.15, 0.2) is 5.82 Å². The second-order valence-corrected chi connectivity index (χ2v) is 2.81. The molecule has 0 aliphatic rings. The van der Waals surface area contributed by atoms with E-state index in [0.717, 1.165) is 5.82 Å². The number of anilines is 2. The number of imidazole rings is 1. The summed E-state index contributed by atoms with van der Waals surface area (Å²) >= 11 is 0. The fourth-order valence-electron chi connectivity index (χ4n) is 0.899. The Morgan fingerprint density at radius 2 is 2.42 bits per heavy atom. The normalized spacial score (nSPS) is 12.9. The minimum Gasteiger partial charge on any atom is -0.394 e. The van der Waals surface area contributed by atoms with Crippen LogP contribution in [0, 0.1) is 6.92 Å². The molecule has 1 atom stereocenters. The summed E-state index contributed by atoms with van der Waals surface area (Å²) in [5.74, 6) is 1.88. The van der Waals surface area contributed by atoms with Crippen molar-refractivity contribution in [2.45, 2.75) is 19.9 Å². The van der Waals surface area contributed by atoms with Gasteiger partial charge >= 0.3 is 0 Å². The molecule has 1 heterocycles. The van der Waals surface area contributed by atoms with Gasteiger partial charge in [0.1, 0.15) is 11.6 Å². The number of aliphatic hydroxyl groups is 1. The fourth-order valence-corrected chi connectivity index (χ4v) is 0.899. The van der Waals surface area contributed by atoms with Crippen molar-refractivity contribution in [2.24, 2.45) is 0 Å². The third-order valence-electron chi connectivity index (χ3n) is 1.51. The lowest BCUT2D eigenvalue weighted by Gasteiger charge is -2.09. The molecule has 5 heteroatoms. The molecule has 0 bridgehead atoms. The number of aliphatic hydroxyl groups excluding tert-OH is 1. The van der Waals surface area contributed by atoms with Crippen LogP contribution in [0.5, 0.6) is 0 Å². The summed E-state index contributed by atoms with van der Waals surface area (Å²) in [7, 11) is 0. The summed E-state index contributed by atoms with van der Waals surface area (Å²) in [5, 5.41) is 11.7. The molecular formula is C7H14N4O. The average Bonchev–Trinajstić information content (AvgIpc) is 2.30. The van der Waals surface area contributed by atoms with Gasteiger partial charge in [0, 0.05) is 6.04 Å². The van der Waals surface area contributed by atoms with Gasteiger partial charge in [0.2, 0.25) is 0 Å².